The van der Waals surface area contributed by atoms with Gasteiger partial charge in [-0.2, -0.15) is 0 Å². The first-order chi connectivity index (χ1) is 15.9. The minimum atomic E-state index is -0.799. The summed E-state index contributed by atoms with van der Waals surface area (Å²) in [5.41, 5.74) is 2.14. The largest absolute Gasteiger partial charge is 0.507 e. The number of ketones is 1. The third-order valence-corrected chi connectivity index (χ3v) is 6.15. The summed E-state index contributed by atoms with van der Waals surface area (Å²) in [6.45, 7) is 8.65. The van der Waals surface area contributed by atoms with Crippen LogP contribution in [-0.2, 0) is 9.59 Å². The Labute approximate surface area is 195 Å². The van der Waals surface area contributed by atoms with Gasteiger partial charge < -0.3 is 24.4 Å². The van der Waals surface area contributed by atoms with E-state index in [2.05, 4.69) is 18.7 Å². The molecule has 1 aliphatic rings. The van der Waals surface area contributed by atoms with E-state index >= 15 is 0 Å². The van der Waals surface area contributed by atoms with E-state index in [4.69, 9.17) is 9.47 Å². The van der Waals surface area contributed by atoms with Crippen LogP contribution in [0.4, 0.5) is 0 Å². The highest BCUT2D eigenvalue weighted by atomic mass is 16.5. The fourth-order valence-corrected chi connectivity index (χ4v) is 4.14. The normalized spacial score (nSPS) is 17.6. The summed E-state index contributed by atoms with van der Waals surface area (Å²) < 4.78 is 11.0. The molecule has 1 amide bonds. The number of nitrogens with zero attached hydrogens (tertiary/aromatic N) is 2. The summed E-state index contributed by atoms with van der Waals surface area (Å²) in [4.78, 5) is 30.1. The molecule has 0 aliphatic carbocycles. The van der Waals surface area contributed by atoms with Crippen molar-refractivity contribution in [2.24, 2.45) is 0 Å². The van der Waals surface area contributed by atoms with Crippen molar-refractivity contribution in [2.45, 2.75) is 26.8 Å². The van der Waals surface area contributed by atoms with Crippen LogP contribution in [0.25, 0.3) is 5.76 Å². The Morgan fingerprint density at radius 1 is 1.03 bits per heavy atom. The van der Waals surface area contributed by atoms with Gasteiger partial charge in [-0.05, 0) is 38.2 Å². The van der Waals surface area contributed by atoms with Gasteiger partial charge in [0, 0.05) is 24.2 Å². The third kappa shape index (κ3) is 4.88. The second-order valence-corrected chi connectivity index (χ2v) is 7.99. The van der Waals surface area contributed by atoms with Crippen molar-refractivity contribution >= 4 is 17.4 Å². The lowest BCUT2D eigenvalue weighted by Crippen LogP contribution is -2.38. The number of aryl methyl sites for hydroxylation is 1. The van der Waals surface area contributed by atoms with Crippen LogP contribution >= 0.6 is 0 Å². The van der Waals surface area contributed by atoms with Crippen molar-refractivity contribution in [1.82, 2.24) is 9.80 Å². The number of amides is 1. The van der Waals surface area contributed by atoms with Gasteiger partial charge in [0.25, 0.3) is 11.7 Å². The lowest BCUT2D eigenvalue weighted by Gasteiger charge is -2.29. The number of benzene rings is 2. The molecule has 0 saturated carbocycles. The number of likely N-dealkylation sites (N-methyl/N-ethyl adjacent to an activating group) is 1. The molecule has 1 fully saturated rings. The van der Waals surface area contributed by atoms with E-state index in [9.17, 15) is 14.7 Å². The number of hydrogen-bond acceptors (Lipinski definition) is 6. The highest BCUT2D eigenvalue weighted by molar-refractivity contribution is 6.46. The SMILES string of the molecule is CCN(CC)CCN1C(=O)C(=O)/C(=C(\O)c2ccc(C)cc2)C1c1cc(OC)ccc1OC. The van der Waals surface area contributed by atoms with Crippen molar-refractivity contribution in [3.8, 4) is 11.5 Å². The maximum atomic E-state index is 13.2. The number of methoxy groups -OCH3 is 2. The number of carbonyl (C=O) groups is 2. The summed E-state index contributed by atoms with van der Waals surface area (Å²) in [6.07, 6.45) is 0. The van der Waals surface area contributed by atoms with Gasteiger partial charge in [0.05, 0.1) is 25.8 Å². The number of carbonyl (C=O) groups excluding carboxylic acids is 2. The van der Waals surface area contributed by atoms with Gasteiger partial charge >= 0.3 is 0 Å². The Balaban J connectivity index is 2.19. The van der Waals surface area contributed by atoms with Crippen molar-refractivity contribution in [3.63, 3.8) is 0 Å². The third-order valence-electron chi connectivity index (χ3n) is 6.15. The molecule has 1 atom stereocenters. The maximum Gasteiger partial charge on any atom is 0.295 e. The quantitative estimate of drug-likeness (QED) is 0.354. The Bertz CT molecular complexity index is 1040. The standard InChI is InChI=1S/C26H32N2O5/c1-6-27(7-2)14-15-28-23(20-16-19(32-4)12-13-21(20)33-5)22(25(30)26(28)31)24(29)18-10-8-17(3)9-11-18/h8-13,16,23,29H,6-7,14-15H2,1-5H3/b24-22-. The first-order valence-corrected chi connectivity index (χ1v) is 11.2. The topological polar surface area (TPSA) is 79.3 Å². The average Bonchev–Trinajstić information content (AvgIpc) is 3.09. The van der Waals surface area contributed by atoms with Gasteiger partial charge in [-0.25, -0.2) is 0 Å². The zero-order valence-electron chi connectivity index (χ0n) is 19.9. The van der Waals surface area contributed by atoms with Crippen LogP contribution in [0.1, 0.15) is 36.6 Å². The molecule has 2 aromatic rings. The van der Waals surface area contributed by atoms with Crippen LogP contribution in [0.5, 0.6) is 11.5 Å². The minimum Gasteiger partial charge on any atom is -0.507 e. The van der Waals surface area contributed by atoms with E-state index in [-0.39, 0.29) is 11.3 Å². The Hall–Kier alpha value is -3.32. The number of rotatable bonds is 9. The highest BCUT2D eigenvalue weighted by Gasteiger charge is 2.47. The molecule has 1 heterocycles. The van der Waals surface area contributed by atoms with Gasteiger partial charge in [-0.3, -0.25) is 9.59 Å². The van der Waals surface area contributed by atoms with E-state index in [0.29, 0.717) is 35.7 Å². The first kappa shape index (κ1) is 24.3. The maximum absolute atomic E-state index is 13.2. The van der Waals surface area contributed by atoms with E-state index in [0.717, 1.165) is 18.7 Å². The van der Waals surface area contributed by atoms with Crippen LogP contribution in [-0.4, -0.2) is 67.0 Å². The van der Waals surface area contributed by atoms with Crippen molar-refractivity contribution in [3.05, 3.63) is 64.7 Å². The van der Waals surface area contributed by atoms with Gasteiger partial charge in [-0.15, -0.1) is 0 Å². The lowest BCUT2D eigenvalue weighted by molar-refractivity contribution is -0.140. The second-order valence-electron chi connectivity index (χ2n) is 7.99. The molecule has 0 spiro atoms. The van der Waals surface area contributed by atoms with Gasteiger partial charge in [0.2, 0.25) is 0 Å². The number of hydrogen-bond donors (Lipinski definition) is 1. The van der Waals surface area contributed by atoms with Gasteiger partial charge in [0.15, 0.2) is 0 Å². The summed E-state index contributed by atoms with van der Waals surface area (Å²) in [6, 6.07) is 11.6. The van der Waals surface area contributed by atoms with E-state index in [1.165, 1.54) is 12.0 Å². The molecule has 1 saturated heterocycles. The molecular formula is C26H32N2O5. The van der Waals surface area contributed by atoms with Crippen LogP contribution in [0.15, 0.2) is 48.0 Å². The second kappa shape index (κ2) is 10.5. The van der Waals surface area contributed by atoms with E-state index < -0.39 is 17.7 Å². The smallest absolute Gasteiger partial charge is 0.295 e. The van der Waals surface area contributed by atoms with Crippen LogP contribution in [0, 0.1) is 6.92 Å². The Kier molecular flexibility index (Phi) is 7.76. The fraction of sp³-hybridized carbons (Fsp3) is 0.385. The molecule has 1 aliphatic heterocycles. The van der Waals surface area contributed by atoms with Crippen molar-refractivity contribution in [2.75, 3.05) is 40.4 Å². The van der Waals surface area contributed by atoms with Crippen molar-refractivity contribution in [1.29, 1.82) is 0 Å². The molecule has 7 heteroatoms. The molecule has 0 radical (unpaired) electrons. The fourth-order valence-electron chi connectivity index (χ4n) is 4.14. The van der Waals surface area contributed by atoms with E-state index in [1.54, 1.807) is 37.4 Å². The summed E-state index contributed by atoms with van der Waals surface area (Å²) >= 11 is 0. The summed E-state index contributed by atoms with van der Waals surface area (Å²) in [5, 5.41) is 11.2. The van der Waals surface area contributed by atoms with E-state index in [1.807, 2.05) is 19.1 Å². The molecule has 176 valence electrons. The number of ether oxygens (including phenoxy) is 2. The summed E-state index contributed by atoms with van der Waals surface area (Å²) in [5.74, 6) is -0.470. The van der Waals surface area contributed by atoms with Gasteiger partial charge in [-0.1, -0.05) is 43.7 Å². The lowest BCUT2D eigenvalue weighted by atomic mass is 9.94. The average molecular weight is 453 g/mol. The minimum absolute atomic E-state index is 0.0509. The number of aliphatic hydroxyl groups excluding tert-OH is 1. The Morgan fingerprint density at radius 2 is 1.70 bits per heavy atom. The predicted molar refractivity (Wildman–Crippen MR) is 128 cm³/mol. The monoisotopic (exact) mass is 452 g/mol. The molecule has 0 bridgehead atoms. The van der Waals surface area contributed by atoms with Crippen molar-refractivity contribution < 1.29 is 24.2 Å². The number of aliphatic hydroxyl groups is 1. The zero-order chi connectivity index (χ0) is 24.1. The molecular weight excluding hydrogens is 420 g/mol. The number of likely N-dealkylation sites (tertiary alicyclic amines) is 1. The van der Waals surface area contributed by atoms with Crippen LogP contribution in [0.2, 0.25) is 0 Å². The predicted octanol–water partition coefficient (Wildman–Crippen LogP) is 3.78. The zero-order valence-corrected chi connectivity index (χ0v) is 19.9. The number of Topliss-reactive ketones (excluding diaryl/α,β-unsaturated/α-hetero) is 1. The molecule has 1 unspecified atom stereocenters. The molecule has 1 N–H and O–H groups in total. The molecule has 3 rings (SSSR count). The molecule has 33 heavy (non-hydrogen) atoms. The van der Waals surface area contributed by atoms with Crippen LogP contribution in [0.3, 0.4) is 0 Å². The molecule has 7 nitrogen and oxygen atoms in total. The van der Waals surface area contributed by atoms with Crippen LogP contribution < -0.4 is 9.47 Å². The van der Waals surface area contributed by atoms with Gasteiger partial charge in [0.1, 0.15) is 17.3 Å². The summed E-state index contributed by atoms with van der Waals surface area (Å²) in [7, 11) is 3.09. The first-order valence-electron chi connectivity index (χ1n) is 11.2. The Morgan fingerprint density at radius 3 is 2.27 bits per heavy atom. The molecule has 2 aromatic carbocycles. The molecule has 0 aromatic heterocycles. The highest BCUT2D eigenvalue weighted by Crippen LogP contribution is 2.43.